The van der Waals surface area contributed by atoms with Crippen molar-refractivity contribution in [3.05, 3.63) is 70.9 Å². The van der Waals surface area contributed by atoms with Crippen molar-refractivity contribution in [3.8, 4) is 5.88 Å². The van der Waals surface area contributed by atoms with Gasteiger partial charge in [-0.1, -0.05) is 48.0 Å². The molecule has 0 aliphatic carbocycles. The van der Waals surface area contributed by atoms with Crippen LogP contribution in [0.4, 0.5) is 0 Å². The van der Waals surface area contributed by atoms with Gasteiger partial charge < -0.3 is 10.5 Å². The van der Waals surface area contributed by atoms with Gasteiger partial charge in [0, 0.05) is 28.7 Å². The molecule has 1 heterocycles. The van der Waals surface area contributed by atoms with E-state index in [4.69, 9.17) is 22.1 Å². The number of nitrogens with two attached hydrogens (primary N) is 1. The minimum atomic E-state index is 0.388. The van der Waals surface area contributed by atoms with E-state index >= 15 is 0 Å². The lowest BCUT2D eigenvalue weighted by Gasteiger charge is -2.11. The molecule has 0 atom stereocenters. The van der Waals surface area contributed by atoms with Crippen LogP contribution in [0.2, 0.25) is 5.02 Å². The van der Waals surface area contributed by atoms with Gasteiger partial charge in [0.2, 0.25) is 5.88 Å². The standard InChI is InChI=1S/C17H15ClN2O/c18-16-8-4-1-5-12(16)11-21-17-15-7-3-2-6-14(15)13(9-19)10-20-17/h1-8,10H,9,11,19H2. The number of aromatic nitrogens is 1. The van der Waals surface area contributed by atoms with Crippen LogP contribution < -0.4 is 10.5 Å². The average Bonchev–Trinajstić information content (AvgIpc) is 2.54. The zero-order valence-corrected chi connectivity index (χ0v) is 12.2. The highest BCUT2D eigenvalue weighted by Crippen LogP contribution is 2.27. The summed E-state index contributed by atoms with van der Waals surface area (Å²) in [4.78, 5) is 4.38. The van der Waals surface area contributed by atoms with E-state index in [2.05, 4.69) is 4.98 Å². The van der Waals surface area contributed by atoms with E-state index in [1.807, 2.05) is 48.5 Å². The van der Waals surface area contributed by atoms with Crippen LogP contribution in [0.1, 0.15) is 11.1 Å². The summed E-state index contributed by atoms with van der Waals surface area (Å²) in [6, 6.07) is 15.6. The Balaban J connectivity index is 1.93. The van der Waals surface area contributed by atoms with Crippen molar-refractivity contribution >= 4 is 22.4 Å². The van der Waals surface area contributed by atoms with Gasteiger partial charge >= 0.3 is 0 Å². The largest absolute Gasteiger partial charge is 0.472 e. The predicted octanol–water partition coefficient (Wildman–Crippen LogP) is 3.93. The number of ether oxygens (including phenoxy) is 1. The number of hydrogen-bond acceptors (Lipinski definition) is 3. The maximum Gasteiger partial charge on any atom is 0.221 e. The van der Waals surface area contributed by atoms with Gasteiger partial charge in [0.25, 0.3) is 0 Å². The van der Waals surface area contributed by atoms with Crippen molar-refractivity contribution in [1.29, 1.82) is 0 Å². The van der Waals surface area contributed by atoms with Crippen LogP contribution in [-0.4, -0.2) is 4.98 Å². The zero-order valence-electron chi connectivity index (χ0n) is 11.4. The molecule has 0 amide bonds. The first-order valence-electron chi connectivity index (χ1n) is 6.72. The van der Waals surface area contributed by atoms with Crippen molar-refractivity contribution in [2.75, 3.05) is 0 Å². The molecule has 0 fully saturated rings. The molecule has 2 N–H and O–H groups in total. The first-order valence-corrected chi connectivity index (χ1v) is 7.10. The molecular formula is C17H15ClN2O. The second-order valence-corrected chi connectivity index (χ2v) is 5.13. The number of fused-ring (bicyclic) bond motifs is 1. The van der Waals surface area contributed by atoms with Crippen molar-refractivity contribution in [2.45, 2.75) is 13.2 Å². The van der Waals surface area contributed by atoms with Gasteiger partial charge in [-0.05, 0) is 23.1 Å². The molecule has 21 heavy (non-hydrogen) atoms. The van der Waals surface area contributed by atoms with Crippen LogP contribution in [0.5, 0.6) is 5.88 Å². The normalized spacial score (nSPS) is 10.8. The van der Waals surface area contributed by atoms with E-state index in [-0.39, 0.29) is 0 Å². The van der Waals surface area contributed by atoms with Crippen molar-refractivity contribution < 1.29 is 4.74 Å². The minimum absolute atomic E-state index is 0.388. The number of hydrogen-bond donors (Lipinski definition) is 1. The highest BCUT2D eigenvalue weighted by molar-refractivity contribution is 6.31. The summed E-state index contributed by atoms with van der Waals surface area (Å²) in [6.45, 7) is 0.844. The highest BCUT2D eigenvalue weighted by atomic mass is 35.5. The Bertz CT molecular complexity index is 774. The smallest absolute Gasteiger partial charge is 0.221 e. The highest BCUT2D eigenvalue weighted by Gasteiger charge is 2.08. The van der Waals surface area contributed by atoms with Gasteiger partial charge in [0.05, 0.1) is 0 Å². The molecule has 0 radical (unpaired) electrons. The Hall–Kier alpha value is -2.10. The van der Waals surface area contributed by atoms with Crippen LogP contribution >= 0.6 is 11.6 Å². The topological polar surface area (TPSA) is 48.1 Å². The first kappa shape index (κ1) is 13.9. The summed E-state index contributed by atoms with van der Waals surface area (Å²) < 4.78 is 5.85. The maximum absolute atomic E-state index is 6.14. The molecule has 1 aromatic heterocycles. The van der Waals surface area contributed by atoms with Gasteiger partial charge in [-0.2, -0.15) is 0 Å². The summed E-state index contributed by atoms with van der Waals surface area (Å²) in [5.41, 5.74) is 7.70. The quantitative estimate of drug-likeness (QED) is 0.794. The Kier molecular flexibility index (Phi) is 4.04. The molecule has 106 valence electrons. The molecule has 0 spiro atoms. The van der Waals surface area contributed by atoms with Gasteiger partial charge in [0.1, 0.15) is 6.61 Å². The Labute approximate surface area is 128 Å². The SMILES string of the molecule is NCc1cnc(OCc2ccccc2Cl)c2ccccc12. The van der Waals surface area contributed by atoms with Gasteiger partial charge in [-0.3, -0.25) is 0 Å². The molecule has 0 bridgehead atoms. The average molecular weight is 299 g/mol. The molecule has 2 aromatic carbocycles. The lowest BCUT2D eigenvalue weighted by Crippen LogP contribution is -2.02. The lowest BCUT2D eigenvalue weighted by atomic mass is 10.1. The molecule has 3 rings (SSSR count). The molecule has 3 nitrogen and oxygen atoms in total. The third kappa shape index (κ3) is 2.84. The van der Waals surface area contributed by atoms with E-state index in [0.717, 1.165) is 21.9 Å². The molecule has 0 saturated carbocycles. The van der Waals surface area contributed by atoms with Crippen molar-refractivity contribution in [2.24, 2.45) is 5.73 Å². The lowest BCUT2D eigenvalue weighted by molar-refractivity contribution is 0.298. The summed E-state index contributed by atoms with van der Waals surface area (Å²) >= 11 is 6.14. The van der Waals surface area contributed by atoms with E-state index in [1.54, 1.807) is 6.20 Å². The Morgan fingerprint density at radius 3 is 2.43 bits per heavy atom. The summed E-state index contributed by atoms with van der Waals surface area (Å²) in [6.07, 6.45) is 1.77. The molecule has 3 aromatic rings. The molecule has 4 heteroatoms. The fourth-order valence-electron chi connectivity index (χ4n) is 2.26. The fraction of sp³-hybridized carbons (Fsp3) is 0.118. The minimum Gasteiger partial charge on any atom is -0.472 e. The van der Waals surface area contributed by atoms with E-state index in [0.29, 0.717) is 24.1 Å². The Morgan fingerprint density at radius 2 is 1.67 bits per heavy atom. The summed E-state index contributed by atoms with van der Waals surface area (Å²) in [5.74, 6) is 0.600. The van der Waals surface area contributed by atoms with Crippen LogP contribution in [-0.2, 0) is 13.2 Å². The van der Waals surface area contributed by atoms with Crippen molar-refractivity contribution in [1.82, 2.24) is 4.98 Å². The second-order valence-electron chi connectivity index (χ2n) is 4.72. The molecule has 0 aliphatic rings. The van der Waals surface area contributed by atoms with Crippen LogP contribution in [0, 0.1) is 0 Å². The van der Waals surface area contributed by atoms with Crippen LogP contribution in [0.3, 0.4) is 0 Å². The predicted molar refractivity (Wildman–Crippen MR) is 85.4 cm³/mol. The number of benzene rings is 2. The second kappa shape index (κ2) is 6.12. The monoisotopic (exact) mass is 298 g/mol. The van der Waals surface area contributed by atoms with E-state index in [9.17, 15) is 0 Å². The van der Waals surface area contributed by atoms with Crippen LogP contribution in [0.15, 0.2) is 54.7 Å². The van der Waals surface area contributed by atoms with Gasteiger partial charge in [-0.25, -0.2) is 4.98 Å². The number of halogens is 1. The van der Waals surface area contributed by atoms with Gasteiger partial charge in [0.15, 0.2) is 0 Å². The Morgan fingerprint density at radius 1 is 0.952 bits per heavy atom. The third-order valence-corrected chi connectivity index (χ3v) is 3.75. The number of rotatable bonds is 4. The van der Waals surface area contributed by atoms with Gasteiger partial charge in [-0.15, -0.1) is 0 Å². The van der Waals surface area contributed by atoms with Crippen molar-refractivity contribution in [3.63, 3.8) is 0 Å². The van der Waals surface area contributed by atoms with E-state index in [1.165, 1.54) is 0 Å². The molecule has 0 aliphatic heterocycles. The molecule has 0 unspecified atom stereocenters. The first-order chi connectivity index (χ1) is 10.3. The third-order valence-electron chi connectivity index (χ3n) is 3.38. The zero-order chi connectivity index (χ0) is 14.7. The molecular weight excluding hydrogens is 284 g/mol. The number of nitrogens with zero attached hydrogens (tertiary/aromatic N) is 1. The van der Waals surface area contributed by atoms with Crippen LogP contribution in [0.25, 0.3) is 10.8 Å². The van der Waals surface area contributed by atoms with E-state index < -0.39 is 0 Å². The number of pyridine rings is 1. The maximum atomic E-state index is 6.14. The summed E-state index contributed by atoms with van der Waals surface area (Å²) in [5, 5.41) is 2.73. The molecule has 0 saturated heterocycles. The fourth-order valence-corrected chi connectivity index (χ4v) is 2.45. The summed E-state index contributed by atoms with van der Waals surface area (Å²) in [7, 11) is 0.